The molecule has 2 rings (SSSR count). The van der Waals surface area contributed by atoms with E-state index in [1.807, 2.05) is 6.07 Å². The first-order valence-corrected chi connectivity index (χ1v) is 5.64. The van der Waals surface area contributed by atoms with Crippen LogP contribution in [0, 0.1) is 0 Å². The first-order chi connectivity index (χ1) is 8.41. The molecule has 2 heterocycles. The molecule has 0 atom stereocenters. The van der Waals surface area contributed by atoms with Crippen molar-refractivity contribution in [1.29, 1.82) is 0 Å². The number of methoxy groups -OCH3 is 1. The van der Waals surface area contributed by atoms with Gasteiger partial charge in [0.1, 0.15) is 5.82 Å². The van der Waals surface area contributed by atoms with Crippen molar-refractivity contribution in [2.75, 3.05) is 12.8 Å². The summed E-state index contributed by atoms with van der Waals surface area (Å²) in [7, 11) is 1.54. The number of rotatable bonds is 2. The van der Waals surface area contributed by atoms with E-state index >= 15 is 0 Å². The molecule has 0 radical (unpaired) electrons. The molecule has 0 bridgehead atoms. The predicted octanol–water partition coefficient (Wildman–Crippen LogP) is 1.55. The fraction of sp³-hybridized carbons (Fsp3) is 0.417. The van der Waals surface area contributed by atoms with Crippen molar-refractivity contribution in [2.45, 2.75) is 26.2 Å². The molecule has 0 unspecified atom stereocenters. The van der Waals surface area contributed by atoms with Gasteiger partial charge in [0.2, 0.25) is 5.88 Å². The minimum atomic E-state index is -0.0638. The number of aromatic nitrogens is 4. The Morgan fingerprint density at radius 1 is 1.28 bits per heavy atom. The Morgan fingerprint density at radius 2 is 2.00 bits per heavy atom. The fourth-order valence-electron chi connectivity index (χ4n) is 1.48. The number of anilines is 1. The molecule has 0 aromatic carbocycles. The summed E-state index contributed by atoms with van der Waals surface area (Å²) >= 11 is 0. The van der Waals surface area contributed by atoms with Crippen molar-refractivity contribution in [3.8, 4) is 11.7 Å². The standard InChI is InChI=1S/C12H17N5O/c1-12(2,3)8-5-9(13)17(16-8)10-6-14-7-11(15-10)18-4/h5-7H,13H2,1-4H3. The molecule has 2 N–H and O–H groups in total. The van der Waals surface area contributed by atoms with E-state index in [4.69, 9.17) is 10.5 Å². The zero-order valence-electron chi connectivity index (χ0n) is 11.0. The second kappa shape index (κ2) is 4.29. The van der Waals surface area contributed by atoms with Crippen LogP contribution in [0.25, 0.3) is 5.82 Å². The van der Waals surface area contributed by atoms with Gasteiger partial charge in [-0.15, -0.1) is 0 Å². The van der Waals surface area contributed by atoms with Crippen molar-refractivity contribution >= 4 is 5.82 Å². The molecule has 0 saturated carbocycles. The van der Waals surface area contributed by atoms with E-state index in [-0.39, 0.29) is 5.41 Å². The maximum absolute atomic E-state index is 5.95. The van der Waals surface area contributed by atoms with E-state index in [1.165, 1.54) is 6.20 Å². The smallest absolute Gasteiger partial charge is 0.234 e. The van der Waals surface area contributed by atoms with Gasteiger partial charge in [-0.1, -0.05) is 20.8 Å². The quantitative estimate of drug-likeness (QED) is 0.871. The molecule has 2 aromatic heterocycles. The molecule has 0 aliphatic carbocycles. The van der Waals surface area contributed by atoms with Crippen LogP contribution in [0.15, 0.2) is 18.5 Å². The van der Waals surface area contributed by atoms with E-state index in [1.54, 1.807) is 18.0 Å². The number of nitrogens with two attached hydrogens (primary N) is 1. The van der Waals surface area contributed by atoms with E-state index in [2.05, 4.69) is 35.8 Å². The van der Waals surface area contributed by atoms with Gasteiger partial charge in [0.15, 0.2) is 5.82 Å². The molecule has 2 aromatic rings. The van der Waals surface area contributed by atoms with Crippen LogP contribution in [0.5, 0.6) is 5.88 Å². The van der Waals surface area contributed by atoms with Crippen LogP contribution in [0.1, 0.15) is 26.5 Å². The SMILES string of the molecule is COc1cncc(-n2nc(C(C)(C)C)cc2N)n1. The number of hydrogen-bond acceptors (Lipinski definition) is 5. The number of nitrogen functional groups attached to an aromatic ring is 1. The molecule has 6 heteroatoms. The third-order valence-corrected chi connectivity index (χ3v) is 2.53. The number of nitrogens with zero attached hydrogens (tertiary/aromatic N) is 4. The van der Waals surface area contributed by atoms with Crippen molar-refractivity contribution in [1.82, 2.24) is 19.7 Å². The second-order valence-electron chi connectivity index (χ2n) is 5.04. The van der Waals surface area contributed by atoms with Gasteiger partial charge in [0.05, 0.1) is 25.2 Å². The molecule has 0 spiro atoms. The molecule has 0 aliphatic heterocycles. The molecular weight excluding hydrogens is 230 g/mol. The summed E-state index contributed by atoms with van der Waals surface area (Å²) < 4.78 is 6.60. The van der Waals surface area contributed by atoms with Gasteiger partial charge in [-0.2, -0.15) is 14.8 Å². The van der Waals surface area contributed by atoms with E-state index < -0.39 is 0 Å². The molecule has 0 amide bonds. The van der Waals surface area contributed by atoms with Gasteiger partial charge in [0.25, 0.3) is 0 Å². The van der Waals surface area contributed by atoms with Gasteiger partial charge < -0.3 is 10.5 Å². The van der Waals surface area contributed by atoms with Crippen LogP contribution in [0.2, 0.25) is 0 Å². The average Bonchev–Trinajstić information content (AvgIpc) is 2.71. The third kappa shape index (κ3) is 2.27. The highest BCUT2D eigenvalue weighted by Crippen LogP contribution is 2.24. The summed E-state index contributed by atoms with van der Waals surface area (Å²) in [6.07, 6.45) is 3.13. The number of hydrogen-bond donors (Lipinski definition) is 1. The highest BCUT2D eigenvalue weighted by Gasteiger charge is 2.20. The largest absolute Gasteiger partial charge is 0.480 e. The lowest BCUT2D eigenvalue weighted by Crippen LogP contribution is -2.13. The van der Waals surface area contributed by atoms with Crippen LogP contribution in [0.4, 0.5) is 5.82 Å². The normalized spacial score (nSPS) is 11.6. The van der Waals surface area contributed by atoms with Crippen molar-refractivity contribution < 1.29 is 4.74 Å². The predicted molar refractivity (Wildman–Crippen MR) is 68.8 cm³/mol. The van der Waals surface area contributed by atoms with Gasteiger partial charge in [-0.3, -0.25) is 4.98 Å². The molecule has 0 saturated heterocycles. The Hall–Kier alpha value is -2.11. The minimum absolute atomic E-state index is 0.0638. The molecular formula is C12H17N5O. The van der Waals surface area contributed by atoms with Gasteiger partial charge in [-0.25, -0.2) is 0 Å². The topological polar surface area (TPSA) is 78.8 Å². The van der Waals surface area contributed by atoms with Crippen LogP contribution < -0.4 is 10.5 Å². The lowest BCUT2D eigenvalue weighted by Gasteiger charge is -2.13. The molecule has 18 heavy (non-hydrogen) atoms. The van der Waals surface area contributed by atoms with Crippen LogP contribution in [-0.4, -0.2) is 26.9 Å². The monoisotopic (exact) mass is 247 g/mol. The highest BCUT2D eigenvalue weighted by molar-refractivity contribution is 5.40. The maximum atomic E-state index is 5.95. The molecule has 0 fully saturated rings. The Labute approximate surface area is 106 Å². The lowest BCUT2D eigenvalue weighted by molar-refractivity contribution is 0.394. The maximum Gasteiger partial charge on any atom is 0.234 e. The number of ether oxygens (including phenoxy) is 1. The Balaban J connectivity index is 2.47. The minimum Gasteiger partial charge on any atom is -0.480 e. The lowest BCUT2D eigenvalue weighted by atomic mass is 9.92. The fourth-order valence-corrected chi connectivity index (χ4v) is 1.48. The third-order valence-electron chi connectivity index (χ3n) is 2.53. The van der Waals surface area contributed by atoms with Crippen LogP contribution >= 0.6 is 0 Å². The zero-order chi connectivity index (χ0) is 13.3. The molecule has 96 valence electrons. The van der Waals surface area contributed by atoms with Gasteiger partial charge in [-0.05, 0) is 0 Å². The summed E-state index contributed by atoms with van der Waals surface area (Å²) in [5.41, 5.74) is 6.80. The molecule has 0 aliphatic rings. The van der Waals surface area contributed by atoms with E-state index in [0.717, 1.165) is 5.69 Å². The summed E-state index contributed by atoms with van der Waals surface area (Å²) in [6.45, 7) is 6.24. The first-order valence-electron chi connectivity index (χ1n) is 5.64. The van der Waals surface area contributed by atoms with Gasteiger partial charge in [0, 0.05) is 11.5 Å². The Bertz CT molecular complexity index is 556. The van der Waals surface area contributed by atoms with Crippen molar-refractivity contribution in [3.05, 3.63) is 24.2 Å². The zero-order valence-corrected chi connectivity index (χ0v) is 11.0. The average molecular weight is 247 g/mol. The highest BCUT2D eigenvalue weighted by atomic mass is 16.5. The second-order valence-corrected chi connectivity index (χ2v) is 5.04. The first kappa shape index (κ1) is 12.3. The van der Waals surface area contributed by atoms with Crippen LogP contribution in [0.3, 0.4) is 0 Å². The van der Waals surface area contributed by atoms with Gasteiger partial charge >= 0.3 is 0 Å². The summed E-state index contributed by atoms with van der Waals surface area (Å²) in [6, 6.07) is 1.85. The molecule has 6 nitrogen and oxygen atoms in total. The van der Waals surface area contributed by atoms with Crippen LogP contribution in [-0.2, 0) is 5.41 Å². The van der Waals surface area contributed by atoms with Crippen molar-refractivity contribution in [2.24, 2.45) is 0 Å². The van der Waals surface area contributed by atoms with Crippen molar-refractivity contribution in [3.63, 3.8) is 0 Å². The summed E-state index contributed by atoms with van der Waals surface area (Å²) in [4.78, 5) is 8.29. The Kier molecular flexibility index (Phi) is 2.94. The summed E-state index contributed by atoms with van der Waals surface area (Å²) in [5, 5.41) is 4.46. The Morgan fingerprint density at radius 3 is 2.56 bits per heavy atom. The summed E-state index contributed by atoms with van der Waals surface area (Å²) in [5.74, 6) is 1.50. The van der Waals surface area contributed by atoms with E-state index in [0.29, 0.717) is 17.5 Å². The van der Waals surface area contributed by atoms with E-state index in [9.17, 15) is 0 Å².